The van der Waals surface area contributed by atoms with Crippen molar-refractivity contribution in [3.8, 4) is 0 Å². The number of carbonyl (C=O) groups excluding carboxylic acids is 1. The highest BCUT2D eigenvalue weighted by Gasteiger charge is 2.68. The Morgan fingerprint density at radius 3 is 2.29 bits per heavy atom. The molecule has 0 heterocycles. The maximum atomic E-state index is 12.8. The number of amides is 1. The van der Waals surface area contributed by atoms with E-state index in [1.807, 2.05) is 4.72 Å². The van der Waals surface area contributed by atoms with E-state index < -0.39 is 27.7 Å². The molecule has 1 aromatic carbocycles. The lowest BCUT2D eigenvalue weighted by atomic mass is 9.36. The predicted octanol–water partition coefficient (Wildman–Crippen LogP) is 7.33. The van der Waals surface area contributed by atoms with Gasteiger partial charge in [0.15, 0.2) is 0 Å². The summed E-state index contributed by atoms with van der Waals surface area (Å²) in [7, 11) is -4.26. The molecule has 0 spiro atoms. The average Bonchev–Trinajstić information content (AvgIpc) is 3.31. The Labute approximate surface area is 267 Å². The predicted molar refractivity (Wildman–Crippen MR) is 166 cm³/mol. The fourth-order valence-electron chi connectivity index (χ4n) is 11.4. The maximum Gasteiger partial charge on any atom is 0.416 e. The first-order valence-electron chi connectivity index (χ1n) is 17.0. The zero-order chi connectivity index (χ0) is 33.2. The minimum Gasteiger partial charge on any atom is -0.393 e. The third-order valence-electron chi connectivity index (χ3n) is 13.7. The van der Waals surface area contributed by atoms with E-state index in [4.69, 9.17) is 0 Å². The van der Waals surface area contributed by atoms with Crippen LogP contribution in [0.4, 0.5) is 13.2 Å². The SMILES string of the molecule is CC[C@H]1C(O)C2C3CC[C@H]([C@H](C)CCCC(=O)NS(=O)(=O)c4ccc(C(F)(F)F)cc4)[C@@]3(C)CCC2[C@@]2(C)CC[C@@H](O)C[C@@]12C. The van der Waals surface area contributed by atoms with Gasteiger partial charge in [-0.2, -0.15) is 13.2 Å². The number of aliphatic hydroxyl groups is 2. The molecular formula is C35H52F3NO5S. The van der Waals surface area contributed by atoms with Crippen LogP contribution in [0, 0.1) is 51.8 Å². The number of alkyl halides is 3. The van der Waals surface area contributed by atoms with Crippen molar-refractivity contribution in [2.24, 2.45) is 51.8 Å². The Balaban J connectivity index is 1.21. The lowest BCUT2D eigenvalue weighted by Crippen LogP contribution is -2.66. The van der Waals surface area contributed by atoms with Crippen LogP contribution in [0.15, 0.2) is 29.2 Å². The lowest BCUT2D eigenvalue weighted by Gasteiger charge is -2.69. The van der Waals surface area contributed by atoms with Gasteiger partial charge in [0.05, 0.1) is 22.7 Å². The number of fused-ring (bicyclic) bond motifs is 5. The molecule has 0 saturated heterocycles. The van der Waals surface area contributed by atoms with Gasteiger partial charge in [-0.1, -0.05) is 41.0 Å². The molecule has 4 aliphatic rings. The number of hydrogen-bond acceptors (Lipinski definition) is 5. The Kier molecular flexibility index (Phi) is 9.33. The summed E-state index contributed by atoms with van der Waals surface area (Å²) in [5.41, 5.74) is -0.857. The molecule has 11 atom stereocenters. The number of carbonyl (C=O) groups is 1. The van der Waals surface area contributed by atoms with Crippen molar-refractivity contribution in [3.63, 3.8) is 0 Å². The number of sulfonamides is 1. The fraction of sp³-hybridized carbons (Fsp3) is 0.800. The second kappa shape index (κ2) is 12.1. The first-order chi connectivity index (χ1) is 20.9. The molecule has 6 nitrogen and oxygen atoms in total. The Hall–Kier alpha value is -1.65. The van der Waals surface area contributed by atoms with Crippen molar-refractivity contribution in [1.29, 1.82) is 0 Å². The fourth-order valence-corrected chi connectivity index (χ4v) is 12.4. The number of nitrogens with one attached hydrogen (secondary N) is 1. The molecule has 4 fully saturated rings. The average molecular weight is 656 g/mol. The van der Waals surface area contributed by atoms with Crippen LogP contribution >= 0.6 is 0 Å². The van der Waals surface area contributed by atoms with Crippen LogP contribution in [-0.2, 0) is 21.0 Å². The van der Waals surface area contributed by atoms with Crippen LogP contribution in [0.3, 0.4) is 0 Å². The van der Waals surface area contributed by atoms with E-state index >= 15 is 0 Å². The van der Waals surface area contributed by atoms with Crippen molar-refractivity contribution in [1.82, 2.24) is 4.72 Å². The summed E-state index contributed by atoms with van der Waals surface area (Å²) in [6.07, 6.45) is 3.92. The molecule has 5 rings (SSSR count). The van der Waals surface area contributed by atoms with Gasteiger partial charge in [0, 0.05) is 6.42 Å². The summed E-state index contributed by atoms with van der Waals surface area (Å²) in [6.45, 7) is 11.6. The lowest BCUT2D eigenvalue weighted by molar-refractivity contribution is -0.243. The Bertz CT molecular complexity index is 1350. The standard InChI is InChI=1S/C35H52F3NO5S/c1-6-25-31(42)30-27-15-14-26(32(27,3)18-17-28(30)33(4)19-16-23(40)20-34(25,33)5)21(2)8-7-9-29(41)39-45(43,44)24-12-10-22(11-13-24)35(36,37)38/h10-13,21,23,25-28,30-31,40,42H,6-9,14-20H2,1-5H3,(H,39,41)/t21-,23-,25+,26-,27?,28?,30?,31?,32-,33-,34+/m1/s1. The van der Waals surface area contributed by atoms with Crippen LogP contribution in [0.1, 0.15) is 111 Å². The highest BCUT2D eigenvalue weighted by Crippen LogP contribution is 2.72. The van der Waals surface area contributed by atoms with Crippen LogP contribution < -0.4 is 4.72 Å². The normalized spacial score (nSPS) is 40.6. The molecule has 0 bridgehead atoms. The monoisotopic (exact) mass is 655 g/mol. The third kappa shape index (κ3) is 5.87. The van der Waals surface area contributed by atoms with Crippen molar-refractivity contribution in [2.45, 2.75) is 129 Å². The highest BCUT2D eigenvalue weighted by atomic mass is 32.2. The van der Waals surface area contributed by atoms with Gasteiger partial charge in [0.2, 0.25) is 5.91 Å². The van der Waals surface area contributed by atoms with E-state index in [1.54, 1.807) is 0 Å². The van der Waals surface area contributed by atoms with E-state index in [9.17, 15) is 36.6 Å². The molecule has 1 amide bonds. The molecule has 3 N–H and O–H groups in total. The molecule has 1 aromatic rings. The molecule has 10 heteroatoms. The van der Waals surface area contributed by atoms with E-state index in [0.29, 0.717) is 42.2 Å². The molecule has 4 unspecified atom stereocenters. The smallest absolute Gasteiger partial charge is 0.393 e. The van der Waals surface area contributed by atoms with Crippen molar-refractivity contribution < 1.29 is 36.6 Å². The Morgan fingerprint density at radius 1 is 1.00 bits per heavy atom. The molecule has 0 radical (unpaired) electrons. The minimum atomic E-state index is -4.58. The van der Waals surface area contributed by atoms with Crippen molar-refractivity contribution in [3.05, 3.63) is 29.8 Å². The van der Waals surface area contributed by atoms with E-state index in [2.05, 4.69) is 34.6 Å². The molecule has 0 aliphatic heterocycles. The van der Waals surface area contributed by atoms with E-state index in [0.717, 1.165) is 69.9 Å². The van der Waals surface area contributed by atoms with Crippen LogP contribution in [0.5, 0.6) is 0 Å². The zero-order valence-corrected chi connectivity index (χ0v) is 28.2. The number of benzene rings is 1. The maximum absolute atomic E-state index is 12.8. The van der Waals surface area contributed by atoms with Crippen LogP contribution in [0.25, 0.3) is 0 Å². The van der Waals surface area contributed by atoms with Gasteiger partial charge < -0.3 is 10.2 Å². The van der Waals surface area contributed by atoms with Gasteiger partial charge in [-0.15, -0.1) is 0 Å². The minimum absolute atomic E-state index is 0.0153. The summed E-state index contributed by atoms with van der Waals surface area (Å²) in [6, 6.07) is 3.10. The van der Waals surface area contributed by atoms with Gasteiger partial charge in [-0.3, -0.25) is 4.79 Å². The first kappa shape index (κ1) is 34.7. The van der Waals surface area contributed by atoms with Gasteiger partial charge in [-0.25, -0.2) is 13.1 Å². The largest absolute Gasteiger partial charge is 0.416 e. The quantitative estimate of drug-likeness (QED) is 0.272. The number of aliphatic hydroxyl groups excluding tert-OH is 2. The first-order valence-corrected chi connectivity index (χ1v) is 18.5. The van der Waals surface area contributed by atoms with Crippen LogP contribution in [-0.4, -0.2) is 36.7 Å². The number of rotatable bonds is 8. The summed E-state index contributed by atoms with van der Waals surface area (Å²) in [5, 5.41) is 22.7. The zero-order valence-electron chi connectivity index (χ0n) is 27.4. The molecule has 4 aliphatic carbocycles. The van der Waals surface area contributed by atoms with Gasteiger partial charge in [0.25, 0.3) is 10.0 Å². The Morgan fingerprint density at radius 2 is 1.67 bits per heavy atom. The van der Waals surface area contributed by atoms with Crippen LogP contribution in [0.2, 0.25) is 0 Å². The molecule has 254 valence electrons. The second-order valence-corrected chi connectivity index (χ2v) is 17.4. The second-order valence-electron chi connectivity index (χ2n) is 15.7. The molecule has 45 heavy (non-hydrogen) atoms. The summed E-state index contributed by atoms with van der Waals surface area (Å²) >= 11 is 0. The highest BCUT2D eigenvalue weighted by molar-refractivity contribution is 7.90. The van der Waals surface area contributed by atoms with Gasteiger partial charge in [-0.05, 0) is 134 Å². The van der Waals surface area contributed by atoms with Crippen molar-refractivity contribution >= 4 is 15.9 Å². The van der Waals surface area contributed by atoms with E-state index in [1.165, 1.54) is 0 Å². The summed E-state index contributed by atoms with van der Waals surface area (Å²) in [4.78, 5) is 12.2. The van der Waals surface area contributed by atoms with Gasteiger partial charge in [0.1, 0.15) is 0 Å². The molecular weight excluding hydrogens is 603 g/mol. The van der Waals surface area contributed by atoms with Gasteiger partial charge >= 0.3 is 6.18 Å². The van der Waals surface area contributed by atoms with Crippen molar-refractivity contribution in [2.75, 3.05) is 0 Å². The van der Waals surface area contributed by atoms with E-state index in [-0.39, 0.29) is 51.6 Å². The number of hydrogen-bond donors (Lipinski definition) is 3. The molecule has 0 aromatic heterocycles. The summed E-state index contributed by atoms with van der Waals surface area (Å²) in [5.74, 6) is 1.39. The third-order valence-corrected chi connectivity index (χ3v) is 15.1. The number of halogens is 3. The molecule has 4 saturated carbocycles. The topological polar surface area (TPSA) is 104 Å². The summed E-state index contributed by atoms with van der Waals surface area (Å²) < 4.78 is 65.7.